The van der Waals surface area contributed by atoms with Gasteiger partial charge in [-0.15, -0.1) is 0 Å². The molecule has 0 spiro atoms. The molecule has 0 aromatic rings. The van der Waals surface area contributed by atoms with Crippen LogP contribution in [-0.4, -0.2) is 36.1 Å². The predicted molar refractivity (Wildman–Crippen MR) is 55.0 cm³/mol. The maximum absolute atomic E-state index is 11.2. The fourth-order valence-corrected chi connectivity index (χ4v) is 1.77. The summed E-state index contributed by atoms with van der Waals surface area (Å²) in [7, 11) is 0. The Hall–Kier alpha value is -1.10. The van der Waals surface area contributed by atoms with E-state index < -0.39 is 0 Å². The molecule has 0 aromatic heterocycles. The minimum Gasteiger partial charge on any atom is -0.393 e. The van der Waals surface area contributed by atoms with Crippen LogP contribution in [0, 0.1) is 5.92 Å². The summed E-state index contributed by atoms with van der Waals surface area (Å²) in [4.78, 5) is 21.7. The van der Waals surface area contributed by atoms with Crippen molar-refractivity contribution >= 4 is 11.8 Å². The zero-order valence-corrected chi connectivity index (χ0v) is 8.95. The number of carbonyl (C=O) groups is 2. The quantitative estimate of drug-likeness (QED) is 0.584. The average molecular weight is 214 g/mol. The fraction of sp³-hybridized carbons (Fsp3) is 0.800. The van der Waals surface area contributed by atoms with E-state index in [4.69, 9.17) is 0 Å². The van der Waals surface area contributed by atoms with Gasteiger partial charge in [-0.25, -0.2) is 0 Å². The van der Waals surface area contributed by atoms with Gasteiger partial charge in [-0.1, -0.05) is 6.42 Å². The predicted octanol–water partition coefficient (Wildman–Crippen LogP) is -0.600. The molecule has 5 heteroatoms. The first-order chi connectivity index (χ1) is 7.09. The molecule has 0 saturated heterocycles. The molecule has 5 nitrogen and oxygen atoms in total. The summed E-state index contributed by atoms with van der Waals surface area (Å²) in [6.07, 6.45) is 2.52. The molecule has 1 aliphatic carbocycles. The number of aliphatic hydroxyl groups excluding tert-OH is 1. The highest BCUT2D eigenvalue weighted by atomic mass is 16.3. The highest BCUT2D eigenvalue weighted by molar-refractivity contribution is 5.83. The SMILES string of the molecule is CC(=O)NCC(=O)NCC1CCCC1O. The van der Waals surface area contributed by atoms with Gasteiger partial charge < -0.3 is 15.7 Å². The summed E-state index contributed by atoms with van der Waals surface area (Å²) in [5, 5.41) is 14.6. The maximum atomic E-state index is 11.2. The van der Waals surface area contributed by atoms with Gasteiger partial charge in [0.1, 0.15) is 0 Å². The van der Waals surface area contributed by atoms with E-state index in [0.29, 0.717) is 6.54 Å². The van der Waals surface area contributed by atoms with Gasteiger partial charge in [0.15, 0.2) is 0 Å². The molecular weight excluding hydrogens is 196 g/mol. The first-order valence-electron chi connectivity index (χ1n) is 5.29. The van der Waals surface area contributed by atoms with E-state index in [1.807, 2.05) is 0 Å². The van der Waals surface area contributed by atoms with Gasteiger partial charge in [0.05, 0.1) is 12.6 Å². The summed E-state index contributed by atoms with van der Waals surface area (Å²) in [5.41, 5.74) is 0. The van der Waals surface area contributed by atoms with Crippen LogP contribution in [0.1, 0.15) is 26.2 Å². The normalized spacial score (nSPS) is 24.9. The molecule has 0 bridgehead atoms. The third kappa shape index (κ3) is 4.29. The Labute approximate surface area is 89.2 Å². The molecule has 2 atom stereocenters. The molecule has 15 heavy (non-hydrogen) atoms. The summed E-state index contributed by atoms with van der Waals surface area (Å²) >= 11 is 0. The lowest BCUT2D eigenvalue weighted by Crippen LogP contribution is -2.39. The van der Waals surface area contributed by atoms with Crippen LogP contribution >= 0.6 is 0 Å². The smallest absolute Gasteiger partial charge is 0.239 e. The van der Waals surface area contributed by atoms with Crippen LogP contribution in [0.15, 0.2) is 0 Å². The third-order valence-electron chi connectivity index (χ3n) is 2.68. The molecule has 0 aliphatic heterocycles. The van der Waals surface area contributed by atoms with E-state index in [2.05, 4.69) is 10.6 Å². The lowest BCUT2D eigenvalue weighted by atomic mass is 10.1. The average Bonchev–Trinajstić information content (AvgIpc) is 2.58. The molecule has 1 aliphatic rings. The van der Waals surface area contributed by atoms with Crippen LogP contribution in [0.25, 0.3) is 0 Å². The van der Waals surface area contributed by atoms with Gasteiger partial charge in [0.25, 0.3) is 0 Å². The van der Waals surface area contributed by atoms with Crippen LogP contribution in [0.5, 0.6) is 0 Å². The molecule has 0 heterocycles. The third-order valence-corrected chi connectivity index (χ3v) is 2.68. The van der Waals surface area contributed by atoms with Crippen LogP contribution in [0.2, 0.25) is 0 Å². The lowest BCUT2D eigenvalue weighted by molar-refractivity contribution is -0.125. The molecule has 1 fully saturated rings. The largest absolute Gasteiger partial charge is 0.393 e. The number of aliphatic hydroxyl groups is 1. The molecular formula is C10H18N2O3. The van der Waals surface area contributed by atoms with Gasteiger partial charge in [-0.2, -0.15) is 0 Å². The second kappa shape index (κ2) is 5.70. The highest BCUT2D eigenvalue weighted by Crippen LogP contribution is 2.24. The zero-order chi connectivity index (χ0) is 11.3. The minimum atomic E-state index is -0.286. The molecule has 0 aromatic carbocycles. The van der Waals surface area contributed by atoms with Crippen LogP contribution in [0.3, 0.4) is 0 Å². The number of nitrogens with one attached hydrogen (secondary N) is 2. The number of hydrogen-bond acceptors (Lipinski definition) is 3. The van der Waals surface area contributed by atoms with Crippen molar-refractivity contribution in [1.29, 1.82) is 0 Å². The van der Waals surface area contributed by atoms with Crippen LogP contribution in [-0.2, 0) is 9.59 Å². The number of amides is 2. The van der Waals surface area contributed by atoms with Crippen LogP contribution in [0.4, 0.5) is 0 Å². The van der Waals surface area contributed by atoms with Crippen molar-refractivity contribution in [1.82, 2.24) is 10.6 Å². The van der Waals surface area contributed by atoms with E-state index in [9.17, 15) is 14.7 Å². The van der Waals surface area contributed by atoms with Crippen molar-refractivity contribution in [2.24, 2.45) is 5.92 Å². The standard InChI is InChI=1S/C10H18N2O3/c1-7(13)11-6-10(15)12-5-8-3-2-4-9(8)14/h8-9,14H,2-6H2,1H3,(H,11,13)(H,12,15). The van der Waals surface area contributed by atoms with Crippen molar-refractivity contribution in [3.63, 3.8) is 0 Å². The molecule has 2 amide bonds. The molecule has 1 rings (SSSR count). The number of hydrogen-bond donors (Lipinski definition) is 3. The van der Waals surface area contributed by atoms with Crippen molar-refractivity contribution in [3.8, 4) is 0 Å². The second-order valence-electron chi connectivity index (χ2n) is 3.97. The zero-order valence-electron chi connectivity index (χ0n) is 8.95. The van der Waals surface area contributed by atoms with E-state index in [1.54, 1.807) is 0 Å². The first-order valence-corrected chi connectivity index (χ1v) is 5.29. The van der Waals surface area contributed by atoms with Gasteiger partial charge in [0.2, 0.25) is 11.8 Å². The van der Waals surface area contributed by atoms with E-state index >= 15 is 0 Å². The minimum absolute atomic E-state index is 0.0121. The lowest BCUT2D eigenvalue weighted by Gasteiger charge is -2.14. The Bertz CT molecular complexity index is 243. The van der Waals surface area contributed by atoms with Crippen molar-refractivity contribution in [3.05, 3.63) is 0 Å². The Kier molecular flexibility index (Phi) is 4.55. The van der Waals surface area contributed by atoms with Gasteiger partial charge >= 0.3 is 0 Å². The Morgan fingerprint density at radius 3 is 2.60 bits per heavy atom. The van der Waals surface area contributed by atoms with Crippen molar-refractivity contribution in [2.75, 3.05) is 13.1 Å². The van der Waals surface area contributed by atoms with Gasteiger partial charge in [-0.3, -0.25) is 9.59 Å². The van der Waals surface area contributed by atoms with Crippen molar-refractivity contribution in [2.45, 2.75) is 32.3 Å². The molecule has 86 valence electrons. The van der Waals surface area contributed by atoms with E-state index in [-0.39, 0.29) is 30.4 Å². The Morgan fingerprint density at radius 2 is 2.07 bits per heavy atom. The number of carbonyl (C=O) groups excluding carboxylic acids is 2. The molecule has 0 radical (unpaired) electrons. The Balaban J connectivity index is 2.13. The molecule has 3 N–H and O–H groups in total. The van der Waals surface area contributed by atoms with E-state index in [1.165, 1.54) is 6.92 Å². The monoisotopic (exact) mass is 214 g/mol. The fourth-order valence-electron chi connectivity index (χ4n) is 1.77. The summed E-state index contributed by atoms with van der Waals surface area (Å²) < 4.78 is 0. The topological polar surface area (TPSA) is 78.4 Å². The highest BCUT2D eigenvalue weighted by Gasteiger charge is 2.25. The van der Waals surface area contributed by atoms with Gasteiger partial charge in [0, 0.05) is 19.4 Å². The van der Waals surface area contributed by atoms with Crippen LogP contribution < -0.4 is 10.6 Å². The summed E-state index contributed by atoms with van der Waals surface area (Å²) in [6, 6.07) is 0. The van der Waals surface area contributed by atoms with E-state index in [0.717, 1.165) is 19.3 Å². The summed E-state index contributed by atoms with van der Waals surface area (Å²) in [5.74, 6) is -0.248. The maximum Gasteiger partial charge on any atom is 0.239 e. The Morgan fingerprint density at radius 1 is 1.33 bits per heavy atom. The first kappa shape index (κ1) is 12.0. The molecule has 2 unspecified atom stereocenters. The summed E-state index contributed by atoms with van der Waals surface area (Å²) in [6.45, 7) is 1.88. The molecule has 1 saturated carbocycles. The second-order valence-corrected chi connectivity index (χ2v) is 3.97. The number of rotatable bonds is 4. The van der Waals surface area contributed by atoms with Crippen molar-refractivity contribution < 1.29 is 14.7 Å². The van der Waals surface area contributed by atoms with Gasteiger partial charge in [-0.05, 0) is 12.8 Å².